The van der Waals surface area contributed by atoms with E-state index in [9.17, 15) is 14.4 Å². The van der Waals surface area contributed by atoms with E-state index in [0.717, 1.165) is 12.8 Å². The van der Waals surface area contributed by atoms with Gasteiger partial charge < -0.3 is 13.9 Å². The lowest BCUT2D eigenvalue weighted by atomic mass is 10.2. The van der Waals surface area contributed by atoms with E-state index in [1.54, 1.807) is 6.92 Å². The average molecular weight is 327 g/mol. The number of hydrogen-bond donors (Lipinski definition) is 0. The van der Waals surface area contributed by atoms with Crippen molar-refractivity contribution in [2.24, 2.45) is 0 Å². The zero-order chi connectivity index (χ0) is 17.2. The summed E-state index contributed by atoms with van der Waals surface area (Å²) in [6, 6.07) is 0. The Labute approximate surface area is 133 Å². The monoisotopic (exact) mass is 327 g/mol. The number of hydrogen-bond acceptors (Lipinski definition) is 8. The van der Waals surface area contributed by atoms with E-state index in [2.05, 4.69) is 20.7 Å². The van der Waals surface area contributed by atoms with Crippen LogP contribution in [-0.2, 0) is 25.5 Å². The number of aryl methyl sites for hydroxylation is 1. The Morgan fingerprint density at radius 3 is 2.65 bits per heavy atom. The number of carbonyl (C=O) groups excluding carboxylic acids is 2. The third kappa shape index (κ3) is 7.98. The highest BCUT2D eigenvalue weighted by molar-refractivity contribution is 5.87. The number of carbonyl (C=O) groups is 2. The Balaban J connectivity index is 2.06. The molecule has 1 atom stereocenters. The molecule has 0 saturated carbocycles. The minimum Gasteiger partial charge on any atom is -0.466 e. The van der Waals surface area contributed by atoms with Gasteiger partial charge in [0.2, 0.25) is 5.89 Å². The molecule has 8 heteroatoms. The molecule has 0 aliphatic heterocycles. The molecule has 0 bridgehead atoms. The number of rotatable bonds is 10. The summed E-state index contributed by atoms with van der Waals surface area (Å²) in [4.78, 5) is 33.4. The highest BCUT2D eigenvalue weighted by Crippen LogP contribution is 2.06. The van der Waals surface area contributed by atoms with Crippen LogP contribution >= 0.6 is 0 Å². The van der Waals surface area contributed by atoms with Crippen LogP contribution in [0.1, 0.15) is 45.4 Å². The molecule has 0 fully saturated rings. The van der Waals surface area contributed by atoms with Crippen LogP contribution < -0.4 is 5.82 Å². The fourth-order valence-electron chi connectivity index (χ4n) is 1.68. The first-order valence-electron chi connectivity index (χ1n) is 7.36. The van der Waals surface area contributed by atoms with Gasteiger partial charge in [-0.05, 0) is 38.3 Å². The average Bonchev–Trinajstić information content (AvgIpc) is 2.87. The minimum atomic E-state index is -0.810. The van der Waals surface area contributed by atoms with Gasteiger partial charge in [0.05, 0.1) is 13.0 Å². The molecule has 1 rings (SSSR count). The Morgan fingerprint density at radius 2 is 2.04 bits per heavy atom. The summed E-state index contributed by atoms with van der Waals surface area (Å²) in [7, 11) is 0. The first-order chi connectivity index (χ1) is 10.9. The summed E-state index contributed by atoms with van der Waals surface area (Å²) in [5.74, 6) is -1.49. The molecule has 0 amide bonds. The van der Waals surface area contributed by atoms with Crippen LogP contribution in [0.3, 0.4) is 0 Å². The van der Waals surface area contributed by atoms with E-state index in [1.807, 2.05) is 0 Å². The molecule has 0 N–H and O–H groups in total. The molecule has 0 saturated heterocycles. The number of nitrogens with zero attached hydrogens (tertiary/aromatic N) is 1. The molecule has 8 nitrogen and oxygen atoms in total. The molecule has 0 radical (unpaired) electrons. The van der Waals surface area contributed by atoms with E-state index >= 15 is 0 Å². The molecular formula is C15H21NO7. The van der Waals surface area contributed by atoms with Crippen molar-refractivity contribution in [3.8, 4) is 0 Å². The lowest BCUT2D eigenvalue weighted by molar-refractivity contribution is -0.151. The highest BCUT2D eigenvalue weighted by atomic mass is 16.6. The molecule has 1 aromatic rings. The highest BCUT2D eigenvalue weighted by Gasteiger charge is 2.15. The predicted octanol–water partition coefficient (Wildman–Crippen LogP) is 1.78. The second-order valence-corrected chi connectivity index (χ2v) is 5.16. The fourth-order valence-corrected chi connectivity index (χ4v) is 1.68. The van der Waals surface area contributed by atoms with Gasteiger partial charge in [-0.3, -0.25) is 9.32 Å². The van der Waals surface area contributed by atoms with Crippen LogP contribution in [0.2, 0.25) is 0 Å². The smallest absolute Gasteiger partial charge is 0.466 e. The van der Waals surface area contributed by atoms with E-state index in [0.29, 0.717) is 12.8 Å². The van der Waals surface area contributed by atoms with Gasteiger partial charge in [-0.15, -0.1) is 0 Å². The van der Waals surface area contributed by atoms with Gasteiger partial charge in [0.15, 0.2) is 0 Å². The number of unbranched alkanes of at least 4 members (excludes halogenated alkanes) is 2. The molecule has 1 aromatic heterocycles. The van der Waals surface area contributed by atoms with Gasteiger partial charge in [0.25, 0.3) is 0 Å². The number of ether oxygens (including phenoxy) is 2. The predicted molar refractivity (Wildman–Crippen MR) is 78.5 cm³/mol. The third-order valence-electron chi connectivity index (χ3n) is 2.83. The zero-order valence-corrected chi connectivity index (χ0v) is 13.3. The normalized spacial score (nSPS) is 11.7. The Morgan fingerprint density at radius 1 is 1.30 bits per heavy atom. The van der Waals surface area contributed by atoms with Crippen LogP contribution in [0.15, 0.2) is 25.9 Å². The topological polar surface area (TPSA) is 109 Å². The largest absolute Gasteiger partial charge is 0.542 e. The van der Waals surface area contributed by atoms with Crippen molar-refractivity contribution in [2.75, 3.05) is 6.61 Å². The van der Waals surface area contributed by atoms with Crippen molar-refractivity contribution in [3.05, 3.63) is 28.7 Å². The van der Waals surface area contributed by atoms with E-state index in [4.69, 9.17) is 9.47 Å². The molecule has 0 aliphatic rings. The molecule has 0 aromatic carbocycles. The van der Waals surface area contributed by atoms with Crippen molar-refractivity contribution in [3.63, 3.8) is 0 Å². The molecule has 1 unspecified atom stereocenters. The number of esters is 2. The minimum absolute atomic E-state index is 0.00309. The molecule has 23 heavy (non-hydrogen) atoms. The molecular weight excluding hydrogens is 306 g/mol. The first-order valence-corrected chi connectivity index (χ1v) is 7.36. The van der Waals surface area contributed by atoms with E-state index in [1.165, 1.54) is 6.92 Å². The maximum atomic E-state index is 11.6. The van der Waals surface area contributed by atoms with Crippen LogP contribution in [0, 0.1) is 0 Å². The Kier molecular flexibility index (Phi) is 7.79. The van der Waals surface area contributed by atoms with Gasteiger partial charge in [-0.25, -0.2) is 9.59 Å². The zero-order valence-electron chi connectivity index (χ0n) is 13.3. The van der Waals surface area contributed by atoms with Gasteiger partial charge in [0.1, 0.15) is 6.10 Å². The van der Waals surface area contributed by atoms with Crippen LogP contribution in [0.25, 0.3) is 0 Å². The summed E-state index contributed by atoms with van der Waals surface area (Å²) >= 11 is 0. The van der Waals surface area contributed by atoms with Gasteiger partial charge in [0, 0.05) is 12.0 Å². The van der Waals surface area contributed by atoms with Crippen LogP contribution in [-0.4, -0.2) is 29.8 Å². The summed E-state index contributed by atoms with van der Waals surface area (Å²) in [6.07, 6.45) is 2.13. The maximum absolute atomic E-state index is 11.6. The summed E-state index contributed by atoms with van der Waals surface area (Å²) in [5.41, 5.74) is 0.285. The third-order valence-corrected chi connectivity index (χ3v) is 2.83. The maximum Gasteiger partial charge on any atom is 0.542 e. The standard InChI is InChI=1S/C15H21NO7/c1-10(2)14(18)21-11(3)9-13(17)20-8-6-4-5-7-12-16-23-15(19)22-12/h11H,1,4-9H2,2-3H3. The quantitative estimate of drug-likeness (QED) is 0.363. The second-order valence-electron chi connectivity index (χ2n) is 5.16. The summed E-state index contributed by atoms with van der Waals surface area (Å²) < 4.78 is 19.0. The lowest BCUT2D eigenvalue weighted by Gasteiger charge is -2.12. The van der Waals surface area contributed by atoms with Gasteiger partial charge in [-0.1, -0.05) is 6.58 Å². The molecule has 0 aliphatic carbocycles. The second kappa shape index (κ2) is 9.60. The van der Waals surface area contributed by atoms with Crippen molar-refractivity contribution in [2.45, 2.75) is 52.1 Å². The summed E-state index contributed by atoms with van der Waals surface area (Å²) in [5, 5.41) is 3.44. The van der Waals surface area contributed by atoms with Crippen molar-refractivity contribution >= 4 is 11.9 Å². The molecule has 0 spiro atoms. The fraction of sp³-hybridized carbons (Fsp3) is 0.600. The van der Waals surface area contributed by atoms with Crippen molar-refractivity contribution < 1.29 is 28.0 Å². The Hall–Kier alpha value is -2.38. The van der Waals surface area contributed by atoms with Crippen LogP contribution in [0.5, 0.6) is 0 Å². The van der Waals surface area contributed by atoms with E-state index in [-0.39, 0.29) is 24.5 Å². The SMILES string of the molecule is C=C(C)C(=O)OC(C)CC(=O)OCCCCCc1noc(=O)o1. The molecule has 1 heterocycles. The Bertz CT molecular complexity index is 587. The lowest BCUT2D eigenvalue weighted by Crippen LogP contribution is -2.20. The first kappa shape index (κ1) is 18.7. The number of aromatic nitrogens is 1. The van der Waals surface area contributed by atoms with Gasteiger partial charge in [-0.2, -0.15) is 0 Å². The van der Waals surface area contributed by atoms with Crippen molar-refractivity contribution in [1.82, 2.24) is 5.16 Å². The van der Waals surface area contributed by atoms with E-state index < -0.39 is 23.9 Å². The van der Waals surface area contributed by atoms with Crippen LogP contribution in [0.4, 0.5) is 0 Å². The molecule has 128 valence electrons. The van der Waals surface area contributed by atoms with Crippen molar-refractivity contribution in [1.29, 1.82) is 0 Å². The van der Waals surface area contributed by atoms with Gasteiger partial charge >= 0.3 is 17.8 Å². The summed E-state index contributed by atoms with van der Waals surface area (Å²) in [6.45, 7) is 6.90.